The average Bonchev–Trinajstić information content (AvgIpc) is 3.46. The molecule has 2 atom stereocenters. The Morgan fingerprint density at radius 2 is 2.03 bits per heavy atom. The molecule has 2 N–H and O–H groups in total. The first-order chi connectivity index (χ1) is 17.3. The van der Waals surface area contributed by atoms with Crippen LogP contribution in [0.15, 0.2) is 30.5 Å². The van der Waals surface area contributed by atoms with Gasteiger partial charge in [-0.15, -0.1) is 0 Å². The van der Waals surface area contributed by atoms with Crippen molar-refractivity contribution in [2.45, 2.75) is 46.1 Å². The normalized spacial score (nSPS) is 17.3. The molecule has 0 aliphatic carbocycles. The largest absolute Gasteiger partial charge is 0.473 e. The molecule has 10 heteroatoms. The van der Waals surface area contributed by atoms with Gasteiger partial charge in [-0.2, -0.15) is 15.3 Å². The van der Waals surface area contributed by atoms with Crippen LogP contribution in [0.1, 0.15) is 25.2 Å². The summed E-state index contributed by atoms with van der Waals surface area (Å²) in [7, 11) is 3.97. The van der Waals surface area contributed by atoms with Gasteiger partial charge in [0.25, 0.3) is 0 Å². The fraction of sp³-hybridized carbons (Fsp3) is 0.385. The Morgan fingerprint density at radius 1 is 1.19 bits per heavy atom. The van der Waals surface area contributed by atoms with Crippen LogP contribution in [0.5, 0.6) is 5.88 Å². The molecule has 6 rings (SSSR count). The van der Waals surface area contributed by atoms with Crippen LogP contribution < -0.4 is 4.74 Å². The van der Waals surface area contributed by atoms with E-state index in [4.69, 9.17) is 14.8 Å². The lowest BCUT2D eigenvalue weighted by molar-refractivity contribution is 0.143. The Kier molecular flexibility index (Phi) is 5.31. The highest BCUT2D eigenvalue weighted by Gasteiger charge is 2.24. The van der Waals surface area contributed by atoms with Gasteiger partial charge < -0.3 is 9.84 Å². The number of hydrogen-bond donors (Lipinski definition) is 2. The number of benzene rings is 1. The van der Waals surface area contributed by atoms with Crippen molar-refractivity contribution < 1.29 is 9.84 Å². The molecule has 4 aromatic heterocycles. The summed E-state index contributed by atoms with van der Waals surface area (Å²) in [4.78, 5) is 6.95. The molecule has 0 saturated heterocycles. The third-order valence-electron chi connectivity index (χ3n) is 6.73. The fourth-order valence-electron chi connectivity index (χ4n) is 5.23. The number of nitrogens with zero attached hydrogens (tertiary/aromatic N) is 7. The van der Waals surface area contributed by atoms with Gasteiger partial charge >= 0.3 is 0 Å². The summed E-state index contributed by atoms with van der Waals surface area (Å²) in [6.07, 6.45) is 1.21. The van der Waals surface area contributed by atoms with Crippen molar-refractivity contribution in [3.63, 3.8) is 0 Å². The van der Waals surface area contributed by atoms with Gasteiger partial charge in [0.2, 0.25) is 5.88 Å². The van der Waals surface area contributed by atoms with E-state index in [2.05, 4.69) is 52.4 Å². The van der Waals surface area contributed by atoms with Gasteiger partial charge in [-0.25, -0.2) is 4.68 Å². The molecule has 0 spiro atoms. The van der Waals surface area contributed by atoms with E-state index < -0.39 is 6.10 Å². The van der Waals surface area contributed by atoms with Crippen LogP contribution in [0.3, 0.4) is 0 Å². The second kappa shape index (κ2) is 8.42. The van der Waals surface area contributed by atoms with Crippen molar-refractivity contribution in [1.82, 2.24) is 39.6 Å². The molecule has 1 aliphatic heterocycles. The van der Waals surface area contributed by atoms with Gasteiger partial charge in [-0.1, -0.05) is 6.07 Å². The van der Waals surface area contributed by atoms with E-state index in [9.17, 15) is 5.11 Å². The van der Waals surface area contributed by atoms with Gasteiger partial charge in [0.05, 0.1) is 52.5 Å². The second-order valence-electron chi connectivity index (χ2n) is 9.91. The molecule has 186 valence electrons. The number of hydrogen-bond acceptors (Lipinski definition) is 7. The molecule has 10 nitrogen and oxygen atoms in total. The smallest absolute Gasteiger partial charge is 0.221 e. The highest BCUT2D eigenvalue weighted by atomic mass is 16.5. The van der Waals surface area contributed by atoms with E-state index in [-0.39, 0.29) is 6.10 Å². The summed E-state index contributed by atoms with van der Waals surface area (Å²) >= 11 is 0. The number of fused-ring (bicyclic) bond motifs is 5. The minimum absolute atomic E-state index is 0.100. The number of aromatic nitrogens is 7. The topological polar surface area (TPSA) is 110 Å². The number of aliphatic hydroxyl groups excluding tert-OH is 1. The third-order valence-corrected chi connectivity index (χ3v) is 6.73. The molecule has 1 aliphatic rings. The standard InChI is InChI=1S/C26H30N8O2/c1-14(35)11-34-23-13-32(4)12-15(2)36-26-24(16(3)30-33(26)5)21-9-19-22(10-27-21)28-29-25(19)17-6-7-20(31-34)18(23)8-17/h6-10,14-15,35H,11-13H2,1-5H3,(H,28,29). The maximum atomic E-state index is 10.1. The number of nitrogens with one attached hydrogen (secondary N) is 1. The Balaban J connectivity index is 1.61. The first kappa shape index (κ1) is 22.7. The van der Waals surface area contributed by atoms with E-state index >= 15 is 0 Å². The quantitative estimate of drug-likeness (QED) is 0.394. The molecule has 1 aromatic carbocycles. The Labute approximate surface area is 208 Å². The van der Waals surface area contributed by atoms with Crippen molar-refractivity contribution in [3.8, 4) is 28.4 Å². The number of likely N-dealkylation sites (N-methyl/N-ethyl adjacent to an activating group) is 1. The number of aryl methyl sites for hydroxylation is 2. The summed E-state index contributed by atoms with van der Waals surface area (Å²) in [6.45, 7) is 7.60. The lowest BCUT2D eigenvalue weighted by Gasteiger charge is -2.23. The third kappa shape index (κ3) is 3.73. The molecule has 5 heterocycles. The number of aliphatic hydroxyl groups is 1. The van der Waals surface area contributed by atoms with Crippen molar-refractivity contribution in [2.24, 2.45) is 7.05 Å². The van der Waals surface area contributed by atoms with E-state index in [1.165, 1.54) is 0 Å². The first-order valence-corrected chi connectivity index (χ1v) is 12.2. The summed E-state index contributed by atoms with van der Waals surface area (Å²) in [6, 6.07) is 8.29. The predicted molar refractivity (Wildman–Crippen MR) is 138 cm³/mol. The van der Waals surface area contributed by atoms with Crippen LogP contribution >= 0.6 is 0 Å². The molecule has 0 radical (unpaired) electrons. The van der Waals surface area contributed by atoms with Gasteiger partial charge in [-0.05, 0) is 46.0 Å². The Morgan fingerprint density at radius 3 is 2.83 bits per heavy atom. The number of H-pyrrole nitrogens is 1. The van der Waals surface area contributed by atoms with E-state index in [0.717, 1.165) is 55.7 Å². The van der Waals surface area contributed by atoms with E-state index in [1.807, 2.05) is 30.9 Å². The predicted octanol–water partition coefficient (Wildman–Crippen LogP) is 3.28. The summed E-state index contributed by atoms with van der Waals surface area (Å²) in [5, 5.41) is 29.4. The minimum Gasteiger partial charge on any atom is -0.473 e. The average molecular weight is 487 g/mol. The summed E-state index contributed by atoms with van der Waals surface area (Å²) < 4.78 is 10.2. The maximum Gasteiger partial charge on any atom is 0.221 e. The van der Waals surface area contributed by atoms with Crippen molar-refractivity contribution in [2.75, 3.05) is 13.6 Å². The van der Waals surface area contributed by atoms with Crippen molar-refractivity contribution in [3.05, 3.63) is 41.9 Å². The van der Waals surface area contributed by atoms with E-state index in [1.54, 1.807) is 11.6 Å². The molecule has 4 bridgehead atoms. The van der Waals surface area contributed by atoms with Crippen molar-refractivity contribution >= 4 is 21.8 Å². The highest BCUT2D eigenvalue weighted by molar-refractivity contribution is 5.97. The van der Waals surface area contributed by atoms with Crippen LogP contribution in [0.4, 0.5) is 0 Å². The zero-order valence-corrected chi connectivity index (χ0v) is 21.1. The van der Waals surface area contributed by atoms with Crippen molar-refractivity contribution in [1.29, 1.82) is 0 Å². The molecule has 0 amide bonds. The van der Waals surface area contributed by atoms with E-state index in [0.29, 0.717) is 25.5 Å². The maximum absolute atomic E-state index is 10.1. The first-order valence-electron chi connectivity index (χ1n) is 12.2. The monoisotopic (exact) mass is 486 g/mol. The molecular weight excluding hydrogens is 456 g/mol. The zero-order chi connectivity index (χ0) is 25.1. The second-order valence-corrected chi connectivity index (χ2v) is 9.91. The molecule has 0 fully saturated rings. The number of rotatable bonds is 2. The van der Waals surface area contributed by atoms with Gasteiger partial charge in [-0.3, -0.25) is 19.7 Å². The van der Waals surface area contributed by atoms with Crippen LogP contribution in [-0.4, -0.2) is 70.5 Å². The lowest BCUT2D eigenvalue weighted by atomic mass is 10.0. The fourth-order valence-corrected chi connectivity index (χ4v) is 5.23. The molecular formula is C26H30N8O2. The number of pyridine rings is 1. The molecule has 0 saturated carbocycles. The Hall–Kier alpha value is -3.76. The van der Waals surface area contributed by atoms with Gasteiger partial charge in [0.1, 0.15) is 11.8 Å². The SMILES string of the molecule is Cc1nn(C)c2c1-c1cc3c(n[nH]c3cn1)-c1ccc3nn(CC(C)O)c(c3c1)CN(C)CC(C)O2. The summed E-state index contributed by atoms with van der Waals surface area (Å²) in [5.41, 5.74) is 7.21. The zero-order valence-electron chi connectivity index (χ0n) is 21.1. The van der Waals surface area contributed by atoms with Crippen LogP contribution in [0, 0.1) is 6.92 Å². The van der Waals surface area contributed by atoms with Crippen LogP contribution in [-0.2, 0) is 20.1 Å². The van der Waals surface area contributed by atoms with Crippen LogP contribution in [0.2, 0.25) is 0 Å². The number of aromatic amines is 1. The molecule has 2 unspecified atom stereocenters. The molecule has 36 heavy (non-hydrogen) atoms. The Bertz CT molecular complexity index is 1590. The summed E-state index contributed by atoms with van der Waals surface area (Å²) in [5.74, 6) is 0.697. The van der Waals surface area contributed by atoms with Gasteiger partial charge in [0, 0.05) is 36.5 Å². The van der Waals surface area contributed by atoms with Gasteiger partial charge in [0.15, 0.2) is 0 Å². The minimum atomic E-state index is -0.507. The highest BCUT2D eigenvalue weighted by Crippen LogP contribution is 2.36. The molecule has 5 aromatic rings. The lowest BCUT2D eigenvalue weighted by Crippen LogP contribution is -2.32. The number of ether oxygens (including phenoxy) is 1. The van der Waals surface area contributed by atoms with Crippen LogP contribution in [0.25, 0.3) is 44.3 Å².